The first kappa shape index (κ1) is 42.9. The Labute approximate surface area is 334 Å². The van der Waals surface area contributed by atoms with E-state index in [0.29, 0.717) is 10.6 Å². The van der Waals surface area contributed by atoms with E-state index in [1.165, 1.54) is 13.8 Å². The quantitative estimate of drug-likeness (QED) is 0.0350. The van der Waals surface area contributed by atoms with E-state index in [1.807, 2.05) is 0 Å². The monoisotopic (exact) mass is 902 g/mol. The number of aromatic hydroxyl groups is 1. The number of nitrogens with two attached hydrogens (primary N) is 1. The van der Waals surface area contributed by atoms with Crippen LogP contribution in [0.25, 0.3) is 0 Å². The zero-order valence-corrected chi connectivity index (χ0v) is 32.7. The number of azo groups is 1. The Morgan fingerprint density at radius 2 is 1.33 bits per heavy atom. The van der Waals surface area contributed by atoms with E-state index >= 15 is 0 Å². The molecule has 0 radical (unpaired) electrons. The van der Waals surface area contributed by atoms with E-state index in [-0.39, 0.29) is 46.7 Å². The summed E-state index contributed by atoms with van der Waals surface area (Å²) in [5.41, 5.74) is 1.23. The summed E-state index contributed by atoms with van der Waals surface area (Å²) in [7, 11) is -15.6. The third-order valence-electron chi connectivity index (χ3n) is 7.33. The smallest absolute Gasteiger partial charge is 0.296 e. The number of aromatic nitrogens is 7. The summed E-state index contributed by atoms with van der Waals surface area (Å²) in [6.07, 6.45) is 0. The standard InChI is InChI=1S/C27H24Cl2N14O12S3/c1-3-43-20(45)17(19(30)44)9(2)18(21(43)46)42-41-13-7-12(15(57(50,51)52)8-16(13)58(53,54)55)34-27-38-23(29)37-25(40-27)32-10-4-5-14(56(47,48)49)11(6-10)33-26-36-22(28)35-24(31)39-26/h4-8,45H,3H2,1-2H3,(H2,30,44)(H,47,48,49)(H,50,51,52)(H,53,54,55)(H3,31,33,35,36,39)(H2,32,34,37,38,40). The van der Waals surface area contributed by atoms with Crippen molar-refractivity contribution in [2.75, 3.05) is 21.7 Å². The number of nitrogens with one attached hydrogen (secondary N) is 4. The predicted octanol–water partition coefficient (Wildman–Crippen LogP) is 3.41. The van der Waals surface area contributed by atoms with Gasteiger partial charge < -0.3 is 31.9 Å². The molecule has 5 aromatic rings. The zero-order chi connectivity index (χ0) is 43.1. The van der Waals surface area contributed by atoms with Crippen molar-refractivity contribution in [3.05, 3.63) is 62.4 Å². The minimum atomic E-state index is -5.37. The first-order valence-corrected chi connectivity index (χ1v) is 20.2. The minimum absolute atomic E-state index is 0.00113. The molecule has 0 saturated carbocycles. The number of hydrogen-bond donors (Lipinski definition) is 10. The molecule has 306 valence electrons. The second kappa shape index (κ2) is 16.0. The molecule has 26 nitrogen and oxygen atoms in total. The number of nitrogen functional groups attached to an aromatic ring is 1. The lowest BCUT2D eigenvalue weighted by molar-refractivity contribution is 0.406. The van der Waals surface area contributed by atoms with Crippen molar-refractivity contribution < 1.29 is 49.1 Å². The van der Waals surface area contributed by atoms with Crippen LogP contribution in [0.5, 0.6) is 5.88 Å². The maximum absolute atomic E-state index is 13.1. The van der Waals surface area contributed by atoms with Crippen molar-refractivity contribution in [1.29, 1.82) is 5.41 Å². The molecule has 2 aromatic carbocycles. The van der Waals surface area contributed by atoms with Gasteiger partial charge in [-0.2, -0.15) is 55.2 Å². The summed E-state index contributed by atoms with van der Waals surface area (Å²) in [6.45, 7) is 2.41. The van der Waals surface area contributed by atoms with Crippen LogP contribution >= 0.6 is 23.2 Å². The van der Waals surface area contributed by atoms with E-state index in [4.69, 9.17) is 34.3 Å². The Hall–Kier alpha value is -6.21. The predicted molar refractivity (Wildman–Crippen MR) is 203 cm³/mol. The molecule has 0 fully saturated rings. The largest absolute Gasteiger partial charge is 0.494 e. The van der Waals surface area contributed by atoms with Crippen molar-refractivity contribution in [1.82, 2.24) is 34.5 Å². The van der Waals surface area contributed by atoms with Crippen LogP contribution in [0.3, 0.4) is 0 Å². The normalized spacial score (nSPS) is 12.1. The fourth-order valence-corrected chi connectivity index (χ4v) is 7.25. The van der Waals surface area contributed by atoms with Gasteiger partial charge in [0.1, 0.15) is 25.9 Å². The number of nitrogens with zero attached hydrogens (tertiary/aromatic N) is 9. The van der Waals surface area contributed by atoms with Gasteiger partial charge in [-0.15, -0.1) is 10.2 Å². The Morgan fingerprint density at radius 3 is 1.86 bits per heavy atom. The molecule has 11 N–H and O–H groups in total. The molecular formula is C27H24Cl2N14O12S3. The molecule has 31 heteroatoms. The highest BCUT2D eigenvalue weighted by molar-refractivity contribution is 7.87. The molecule has 0 unspecified atom stereocenters. The molecule has 3 aromatic heterocycles. The van der Waals surface area contributed by atoms with Crippen LogP contribution in [0.2, 0.25) is 10.6 Å². The average Bonchev–Trinajstić information content (AvgIpc) is 3.06. The summed E-state index contributed by atoms with van der Waals surface area (Å²) >= 11 is 11.9. The maximum atomic E-state index is 13.1. The second-order valence-electron chi connectivity index (χ2n) is 11.1. The molecule has 5 rings (SSSR count). The van der Waals surface area contributed by atoms with Gasteiger partial charge in [-0.3, -0.25) is 28.4 Å². The lowest BCUT2D eigenvalue weighted by Crippen LogP contribution is -2.22. The van der Waals surface area contributed by atoms with Gasteiger partial charge in [0, 0.05) is 17.8 Å². The summed E-state index contributed by atoms with van der Waals surface area (Å²) in [5.74, 6) is -3.62. The Morgan fingerprint density at radius 1 is 0.793 bits per heavy atom. The average molecular weight is 904 g/mol. The van der Waals surface area contributed by atoms with Crippen LogP contribution in [0, 0.1) is 12.3 Å². The third-order valence-corrected chi connectivity index (χ3v) is 10.4. The fourth-order valence-electron chi connectivity index (χ4n) is 4.93. The molecule has 0 aliphatic carbocycles. The summed E-state index contributed by atoms with van der Waals surface area (Å²) in [5, 5.41) is 41.9. The lowest BCUT2D eigenvalue weighted by Gasteiger charge is -2.14. The highest BCUT2D eigenvalue weighted by atomic mass is 35.5. The van der Waals surface area contributed by atoms with E-state index in [9.17, 15) is 53.9 Å². The van der Waals surface area contributed by atoms with Crippen molar-refractivity contribution in [3.63, 3.8) is 0 Å². The van der Waals surface area contributed by atoms with Gasteiger partial charge >= 0.3 is 0 Å². The molecule has 0 spiro atoms. The van der Waals surface area contributed by atoms with E-state index in [2.05, 4.69) is 56.1 Å². The molecular weight excluding hydrogens is 879 g/mol. The van der Waals surface area contributed by atoms with Gasteiger partial charge in [0.05, 0.1) is 11.4 Å². The summed E-state index contributed by atoms with van der Waals surface area (Å²) < 4.78 is 104. The Balaban J connectivity index is 1.60. The number of rotatable bonds is 13. The zero-order valence-electron chi connectivity index (χ0n) is 28.8. The number of halogens is 2. The highest BCUT2D eigenvalue weighted by Gasteiger charge is 2.27. The molecule has 0 bridgehead atoms. The second-order valence-corrected chi connectivity index (χ2v) is 16.0. The van der Waals surface area contributed by atoms with Gasteiger partial charge in [-0.25, -0.2) is 0 Å². The molecule has 0 aliphatic heterocycles. The number of anilines is 7. The SMILES string of the molecule is CCn1c(O)c(C(=N)O)c(C)c(N=Nc2cc(Nc3nc(Cl)nc(Nc4ccc(S(=O)(=O)O)c(Nc5nc(N)nc(Cl)n5)c4)n3)c(S(=O)(=O)O)cc2S(=O)(=O)O)c1=O. The first-order valence-electron chi connectivity index (χ1n) is 15.2. The van der Waals surface area contributed by atoms with Gasteiger partial charge in [-0.1, -0.05) is 0 Å². The van der Waals surface area contributed by atoms with Crippen molar-refractivity contribution in [2.45, 2.75) is 35.1 Å². The van der Waals surface area contributed by atoms with Crippen LogP contribution in [0.4, 0.5) is 52.2 Å². The number of pyridine rings is 1. The molecule has 0 aliphatic rings. The Bertz CT molecular complexity index is 2950. The van der Waals surface area contributed by atoms with E-state index in [1.54, 1.807) is 0 Å². The minimum Gasteiger partial charge on any atom is -0.494 e. The molecule has 58 heavy (non-hydrogen) atoms. The molecule has 0 amide bonds. The summed E-state index contributed by atoms with van der Waals surface area (Å²) in [4.78, 5) is 32.9. The summed E-state index contributed by atoms with van der Waals surface area (Å²) in [6, 6.07) is 4.12. The lowest BCUT2D eigenvalue weighted by atomic mass is 10.1. The maximum Gasteiger partial charge on any atom is 0.296 e. The highest BCUT2D eigenvalue weighted by Crippen LogP contribution is 2.37. The van der Waals surface area contributed by atoms with Gasteiger partial charge in [0.25, 0.3) is 35.9 Å². The molecule has 0 saturated heterocycles. The topological polar surface area (TPSA) is 414 Å². The fraction of sp³-hybridized carbons (Fsp3) is 0.111. The van der Waals surface area contributed by atoms with Crippen molar-refractivity contribution in [3.8, 4) is 5.88 Å². The van der Waals surface area contributed by atoms with Crippen LogP contribution in [0.15, 0.2) is 60.0 Å². The van der Waals surface area contributed by atoms with Crippen molar-refractivity contribution in [2.24, 2.45) is 10.2 Å². The number of hydrogen-bond acceptors (Lipinski definition) is 21. The number of aliphatic hydroxyl groups is 1. The van der Waals surface area contributed by atoms with Gasteiger partial charge in [-0.05, 0) is 67.4 Å². The number of aliphatic hydroxyl groups excluding tert-OH is 1. The molecule has 3 heterocycles. The van der Waals surface area contributed by atoms with Gasteiger partial charge in [0.15, 0.2) is 5.69 Å². The number of benzene rings is 2. The van der Waals surface area contributed by atoms with Crippen LogP contribution in [-0.2, 0) is 36.9 Å². The van der Waals surface area contributed by atoms with E-state index in [0.717, 1.165) is 18.2 Å². The van der Waals surface area contributed by atoms with E-state index < -0.39 is 102 Å². The Kier molecular flexibility index (Phi) is 11.8. The van der Waals surface area contributed by atoms with Crippen LogP contribution in [-0.4, -0.2) is 89.5 Å². The third kappa shape index (κ3) is 9.48. The van der Waals surface area contributed by atoms with Gasteiger partial charge in [0.2, 0.25) is 46.1 Å². The molecule has 0 atom stereocenters. The van der Waals surface area contributed by atoms with Crippen molar-refractivity contribution >= 4 is 112 Å². The van der Waals surface area contributed by atoms with Crippen LogP contribution in [0.1, 0.15) is 18.1 Å². The van der Waals surface area contributed by atoms with Crippen LogP contribution < -0.4 is 27.2 Å². The first-order chi connectivity index (χ1) is 26.9.